The third-order valence-corrected chi connectivity index (χ3v) is 7.95. The fourth-order valence-electron chi connectivity index (χ4n) is 4.56. The van der Waals surface area contributed by atoms with E-state index in [0.29, 0.717) is 18.2 Å². The van der Waals surface area contributed by atoms with Gasteiger partial charge in [0.25, 0.3) is 10.0 Å². The fraction of sp³-hybridized carbons (Fsp3) is 0.385. The summed E-state index contributed by atoms with van der Waals surface area (Å²) < 4.78 is 30.7. The second-order valence-corrected chi connectivity index (χ2v) is 10.6. The van der Waals surface area contributed by atoms with Crippen LogP contribution in [0.1, 0.15) is 44.6 Å². The summed E-state index contributed by atoms with van der Waals surface area (Å²) in [6, 6.07) is 18.0. The zero-order valence-electron chi connectivity index (χ0n) is 19.0. The molecule has 0 spiro atoms. The van der Waals surface area contributed by atoms with Crippen LogP contribution in [0.15, 0.2) is 78.0 Å². The predicted molar refractivity (Wildman–Crippen MR) is 132 cm³/mol. The molecule has 0 saturated heterocycles. The number of aliphatic hydroxyl groups is 1. The highest BCUT2D eigenvalue weighted by molar-refractivity contribution is 7.92. The molecular weight excluding hydrogens is 434 g/mol. The molecule has 0 aliphatic heterocycles. The second-order valence-electron chi connectivity index (χ2n) is 8.91. The van der Waals surface area contributed by atoms with Gasteiger partial charge in [-0.2, -0.15) is 0 Å². The minimum Gasteiger partial charge on any atom is -0.391 e. The third kappa shape index (κ3) is 5.85. The van der Waals surface area contributed by atoms with E-state index in [2.05, 4.69) is 10.0 Å². The maximum atomic E-state index is 13.0. The Hall–Kier alpha value is -2.61. The Morgan fingerprint density at radius 1 is 0.970 bits per heavy atom. The number of aliphatic hydroxyl groups excluding tert-OH is 1. The van der Waals surface area contributed by atoms with Crippen molar-refractivity contribution < 1.29 is 13.5 Å². The lowest BCUT2D eigenvalue weighted by Gasteiger charge is -2.31. The molecule has 1 aromatic heterocycles. The Kier molecular flexibility index (Phi) is 7.53. The van der Waals surface area contributed by atoms with Crippen molar-refractivity contribution in [3.8, 4) is 5.69 Å². The van der Waals surface area contributed by atoms with E-state index < -0.39 is 16.1 Å². The van der Waals surface area contributed by atoms with Gasteiger partial charge in [-0.1, -0.05) is 37.5 Å². The van der Waals surface area contributed by atoms with Crippen LogP contribution in [0.2, 0.25) is 0 Å². The fourth-order valence-corrected chi connectivity index (χ4v) is 5.66. The van der Waals surface area contributed by atoms with Crippen molar-refractivity contribution in [3.63, 3.8) is 0 Å². The first-order valence-corrected chi connectivity index (χ1v) is 13.2. The molecule has 1 aliphatic carbocycles. The van der Waals surface area contributed by atoms with Crippen molar-refractivity contribution in [2.75, 3.05) is 4.72 Å². The van der Waals surface area contributed by atoms with Gasteiger partial charge in [0.2, 0.25) is 0 Å². The predicted octanol–water partition coefficient (Wildman–Crippen LogP) is 4.70. The van der Waals surface area contributed by atoms with Crippen LogP contribution in [0, 0.1) is 5.92 Å². The van der Waals surface area contributed by atoms with Gasteiger partial charge in [-0.25, -0.2) is 8.42 Å². The molecule has 3 aromatic rings. The monoisotopic (exact) mass is 467 g/mol. The molecule has 6 nitrogen and oxygen atoms in total. The van der Waals surface area contributed by atoms with Crippen molar-refractivity contribution >= 4 is 15.7 Å². The highest BCUT2D eigenvalue weighted by atomic mass is 32.2. The van der Waals surface area contributed by atoms with Gasteiger partial charge in [0.05, 0.1) is 16.7 Å². The summed E-state index contributed by atoms with van der Waals surface area (Å²) in [5, 5.41) is 14.1. The van der Waals surface area contributed by atoms with E-state index in [1.807, 2.05) is 54.2 Å². The third-order valence-electron chi connectivity index (χ3n) is 6.57. The van der Waals surface area contributed by atoms with Crippen LogP contribution < -0.4 is 10.0 Å². The summed E-state index contributed by atoms with van der Waals surface area (Å²) in [7, 11) is -3.73. The van der Waals surface area contributed by atoms with Crippen LogP contribution in [0.4, 0.5) is 5.69 Å². The normalized spacial score (nSPS) is 16.9. The summed E-state index contributed by atoms with van der Waals surface area (Å²) in [5.41, 5.74) is 2.28. The number of benzene rings is 2. The number of nitrogens with zero attached hydrogens (tertiary/aromatic N) is 1. The Morgan fingerprint density at radius 3 is 2.33 bits per heavy atom. The quantitative estimate of drug-likeness (QED) is 0.426. The van der Waals surface area contributed by atoms with E-state index >= 15 is 0 Å². The van der Waals surface area contributed by atoms with Crippen molar-refractivity contribution in [2.45, 2.75) is 62.6 Å². The Labute approximate surface area is 196 Å². The minimum atomic E-state index is -3.73. The zero-order chi connectivity index (χ0) is 23.3. The number of nitrogens with one attached hydrogen (secondary N) is 2. The molecule has 7 heteroatoms. The Morgan fingerprint density at radius 2 is 1.64 bits per heavy atom. The first kappa shape index (κ1) is 23.5. The van der Waals surface area contributed by atoms with Gasteiger partial charge in [0.15, 0.2) is 0 Å². The molecule has 0 amide bonds. The number of aromatic nitrogens is 1. The minimum absolute atomic E-state index is 0.0704. The Balaban J connectivity index is 1.42. The van der Waals surface area contributed by atoms with Gasteiger partial charge in [0, 0.05) is 30.7 Å². The van der Waals surface area contributed by atoms with Gasteiger partial charge in [-0.05, 0) is 73.7 Å². The van der Waals surface area contributed by atoms with Gasteiger partial charge >= 0.3 is 0 Å². The highest BCUT2D eigenvalue weighted by Gasteiger charge is 2.26. The molecular formula is C26H33N3O3S. The largest absolute Gasteiger partial charge is 0.391 e. The number of rotatable bonds is 9. The van der Waals surface area contributed by atoms with E-state index in [1.54, 1.807) is 30.3 Å². The van der Waals surface area contributed by atoms with E-state index in [4.69, 9.17) is 0 Å². The van der Waals surface area contributed by atoms with Gasteiger partial charge < -0.3 is 15.0 Å². The SMILES string of the molecule is CC(NCc1ccccc1NS(=O)(=O)c1ccc(-n2cccc2)cc1)[C@@H](O)C1CCCCC1. The highest BCUT2D eigenvalue weighted by Crippen LogP contribution is 2.28. The lowest BCUT2D eigenvalue weighted by atomic mass is 9.83. The first-order chi connectivity index (χ1) is 15.9. The van der Waals surface area contributed by atoms with Gasteiger partial charge in [-0.15, -0.1) is 0 Å². The molecule has 2 atom stereocenters. The molecule has 0 bridgehead atoms. The molecule has 2 aromatic carbocycles. The topological polar surface area (TPSA) is 83.4 Å². The van der Waals surface area contributed by atoms with E-state index in [-0.39, 0.29) is 10.9 Å². The number of hydrogen-bond donors (Lipinski definition) is 3. The molecule has 1 heterocycles. The molecule has 33 heavy (non-hydrogen) atoms. The number of para-hydroxylation sites is 1. The van der Waals surface area contributed by atoms with Crippen LogP contribution in [0.25, 0.3) is 5.69 Å². The van der Waals surface area contributed by atoms with E-state index in [1.165, 1.54) is 19.3 Å². The average molecular weight is 468 g/mol. The Bertz CT molecular complexity index is 1120. The number of hydrogen-bond acceptors (Lipinski definition) is 4. The van der Waals surface area contributed by atoms with Crippen LogP contribution >= 0.6 is 0 Å². The molecule has 1 fully saturated rings. The average Bonchev–Trinajstić information content (AvgIpc) is 3.38. The number of anilines is 1. The van der Waals surface area contributed by atoms with E-state index in [0.717, 1.165) is 24.1 Å². The summed E-state index contributed by atoms with van der Waals surface area (Å²) in [6.07, 6.45) is 9.21. The molecule has 176 valence electrons. The van der Waals surface area contributed by atoms with Crippen LogP contribution in [-0.4, -0.2) is 30.2 Å². The van der Waals surface area contributed by atoms with Crippen molar-refractivity contribution in [3.05, 3.63) is 78.6 Å². The van der Waals surface area contributed by atoms with Crippen LogP contribution in [-0.2, 0) is 16.6 Å². The smallest absolute Gasteiger partial charge is 0.261 e. The molecule has 4 rings (SSSR count). The zero-order valence-corrected chi connectivity index (χ0v) is 19.8. The molecule has 1 saturated carbocycles. The molecule has 0 radical (unpaired) electrons. The van der Waals surface area contributed by atoms with Crippen molar-refractivity contribution in [1.29, 1.82) is 0 Å². The maximum Gasteiger partial charge on any atom is 0.261 e. The standard InChI is InChI=1S/C26H33N3O3S/c1-20(26(30)21-9-3-2-4-10-21)27-19-22-11-5-6-12-25(22)28-33(31,32)24-15-13-23(14-16-24)29-17-7-8-18-29/h5-8,11-18,20-21,26-28,30H,2-4,9-10,19H2,1H3/t20?,26-/m1/s1. The summed E-state index contributed by atoms with van der Waals surface area (Å²) in [5.74, 6) is 0.338. The first-order valence-electron chi connectivity index (χ1n) is 11.7. The van der Waals surface area contributed by atoms with Crippen molar-refractivity contribution in [2.24, 2.45) is 5.92 Å². The summed E-state index contributed by atoms with van der Waals surface area (Å²) in [4.78, 5) is 0.210. The molecule has 1 aliphatic rings. The van der Waals surface area contributed by atoms with Crippen LogP contribution in [0.5, 0.6) is 0 Å². The van der Waals surface area contributed by atoms with Crippen molar-refractivity contribution in [1.82, 2.24) is 9.88 Å². The number of sulfonamides is 1. The maximum absolute atomic E-state index is 13.0. The lowest BCUT2D eigenvalue weighted by Crippen LogP contribution is -2.42. The molecule has 3 N–H and O–H groups in total. The summed E-state index contributed by atoms with van der Waals surface area (Å²) in [6.45, 7) is 2.47. The molecule has 1 unspecified atom stereocenters. The second kappa shape index (κ2) is 10.5. The summed E-state index contributed by atoms with van der Waals surface area (Å²) >= 11 is 0. The van der Waals surface area contributed by atoms with Gasteiger partial charge in [0.1, 0.15) is 0 Å². The van der Waals surface area contributed by atoms with E-state index in [9.17, 15) is 13.5 Å². The lowest BCUT2D eigenvalue weighted by molar-refractivity contribution is 0.0551. The van der Waals surface area contributed by atoms with Crippen LogP contribution in [0.3, 0.4) is 0 Å². The van der Waals surface area contributed by atoms with Gasteiger partial charge in [-0.3, -0.25) is 4.72 Å².